The van der Waals surface area contributed by atoms with Gasteiger partial charge in [0.1, 0.15) is 17.9 Å². The van der Waals surface area contributed by atoms with Crippen molar-refractivity contribution in [3.63, 3.8) is 0 Å². The van der Waals surface area contributed by atoms with E-state index < -0.39 is 11.6 Å². The van der Waals surface area contributed by atoms with Crippen LogP contribution in [-0.4, -0.2) is 35.1 Å². The summed E-state index contributed by atoms with van der Waals surface area (Å²) in [6, 6.07) is 6.97. The summed E-state index contributed by atoms with van der Waals surface area (Å²) in [4.78, 5) is 24.0. The van der Waals surface area contributed by atoms with Crippen LogP contribution in [0.3, 0.4) is 0 Å². The highest BCUT2D eigenvalue weighted by Crippen LogP contribution is 2.28. The lowest BCUT2D eigenvalue weighted by molar-refractivity contribution is -0.141. The lowest BCUT2D eigenvalue weighted by atomic mass is 9.96. The molecule has 1 fully saturated rings. The highest BCUT2D eigenvalue weighted by molar-refractivity contribution is 8.01. The molecule has 8 nitrogen and oxygen atoms in total. The molecular formula is C21H23N3O5S2. The van der Waals surface area contributed by atoms with Gasteiger partial charge in [-0.05, 0) is 25.0 Å². The smallest absolute Gasteiger partial charge is 0.336 e. The van der Waals surface area contributed by atoms with Crippen molar-refractivity contribution in [2.24, 2.45) is 0 Å². The maximum Gasteiger partial charge on any atom is 0.336 e. The molecule has 2 heterocycles. The van der Waals surface area contributed by atoms with Gasteiger partial charge in [-0.25, -0.2) is 4.79 Å². The van der Waals surface area contributed by atoms with E-state index in [4.69, 9.17) is 13.9 Å². The van der Waals surface area contributed by atoms with Crippen LogP contribution in [0.1, 0.15) is 37.7 Å². The summed E-state index contributed by atoms with van der Waals surface area (Å²) in [5, 5.41) is 13.2. The van der Waals surface area contributed by atoms with E-state index in [-0.39, 0.29) is 12.4 Å². The number of nitrogens with one attached hydrogen (secondary N) is 1. The van der Waals surface area contributed by atoms with Crippen molar-refractivity contribution >= 4 is 45.2 Å². The number of fused-ring (bicyclic) bond motifs is 1. The number of esters is 1. The van der Waals surface area contributed by atoms with Crippen LogP contribution in [0.25, 0.3) is 11.0 Å². The number of ether oxygens (including phenoxy) is 2. The third kappa shape index (κ3) is 5.76. The van der Waals surface area contributed by atoms with Gasteiger partial charge in [0, 0.05) is 29.1 Å². The van der Waals surface area contributed by atoms with Gasteiger partial charge in [0.15, 0.2) is 4.34 Å². The molecule has 2 aromatic heterocycles. The Hall–Kier alpha value is -2.59. The molecule has 1 aliphatic carbocycles. The quantitative estimate of drug-likeness (QED) is 0.300. The fourth-order valence-electron chi connectivity index (χ4n) is 3.53. The van der Waals surface area contributed by atoms with Crippen molar-refractivity contribution in [1.82, 2.24) is 10.2 Å². The van der Waals surface area contributed by atoms with Gasteiger partial charge in [-0.3, -0.25) is 4.79 Å². The molecule has 0 unspecified atom stereocenters. The highest BCUT2D eigenvalue weighted by atomic mass is 32.2. The first-order valence-electron chi connectivity index (χ1n) is 10.1. The van der Waals surface area contributed by atoms with E-state index in [1.54, 1.807) is 18.2 Å². The summed E-state index contributed by atoms with van der Waals surface area (Å²) in [7, 11) is 1.54. The van der Waals surface area contributed by atoms with Gasteiger partial charge in [0.05, 0.1) is 12.9 Å². The average molecular weight is 462 g/mol. The Labute approximate surface area is 187 Å². The molecule has 4 rings (SSSR count). The summed E-state index contributed by atoms with van der Waals surface area (Å²) < 4.78 is 16.5. The van der Waals surface area contributed by atoms with E-state index in [0.29, 0.717) is 32.7 Å². The Morgan fingerprint density at radius 1 is 1.26 bits per heavy atom. The van der Waals surface area contributed by atoms with Gasteiger partial charge in [0.2, 0.25) is 5.13 Å². The molecular weight excluding hydrogens is 438 g/mol. The number of benzene rings is 1. The number of nitrogens with zero attached hydrogens (tertiary/aromatic N) is 2. The molecule has 0 bridgehead atoms. The summed E-state index contributed by atoms with van der Waals surface area (Å²) in [6.45, 7) is -0.0154. The Morgan fingerprint density at radius 2 is 2.10 bits per heavy atom. The number of thioether (sulfide) groups is 1. The molecule has 0 spiro atoms. The zero-order chi connectivity index (χ0) is 21.6. The standard InChI is InChI=1S/C21H23N3O5S2/c1-27-15-7-8-16-13(9-18(25)29-17(16)10-15)11-28-19(26)12-30-21-24-23-20(31-21)22-14-5-3-2-4-6-14/h7-10,14H,2-6,11-12H2,1H3,(H,22,23). The van der Waals surface area contributed by atoms with Crippen LogP contribution in [0.15, 0.2) is 37.8 Å². The Kier molecular flexibility index (Phi) is 7.08. The van der Waals surface area contributed by atoms with Crippen molar-refractivity contribution in [2.75, 3.05) is 18.2 Å². The number of rotatable bonds is 8. The first-order valence-corrected chi connectivity index (χ1v) is 11.9. The van der Waals surface area contributed by atoms with Gasteiger partial charge in [0.25, 0.3) is 0 Å². The van der Waals surface area contributed by atoms with Crippen LogP contribution < -0.4 is 15.7 Å². The van der Waals surface area contributed by atoms with Crippen LogP contribution in [-0.2, 0) is 16.1 Å². The Morgan fingerprint density at radius 3 is 2.90 bits per heavy atom. The predicted molar refractivity (Wildman–Crippen MR) is 120 cm³/mol. The monoisotopic (exact) mass is 461 g/mol. The second kappa shape index (κ2) is 10.1. The number of aromatic nitrogens is 2. The van der Waals surface area contributed by atoms with Crippen LogP contribution in [0.4, 0.5) is 5.13 Å². The molecule has 0 radical (unpaired) electrons. The normalized spacial score (nSPS) is 14.5. The van der Waals surface area contributed by atoms with Crippen LogP contribution in [0.5, 0.6) is 5.75 Å². The number of carbonyl (C=O) groups excluding carboxylic acids is 1. The Balaban J connectivity index is 1.30. The van der Waals surface area contributed by atoms with E-state index in [1.807, 2.05) is 0 Å². The molecule has 1 aliphatic rings. The third-order valence-corrected chi connectivity index (χ3v) is 7.04. The molecule has 164 valence electrons. The van der Waals surface area contributed by atoms with E-state index >= 15 is 0 Å². The SMILES string of the molecule is COc1ccc2c(COC(=O)CSc3nnc(NC4CCCCC4)s3)cc(=O)oc2c1. The van der Waals surface area contributed by atoms with Gasteiger partial charge in [-0.15, -0.1) is 10.2 Å². The largest absolute Gasteiger partial charge is 0.497 e. The summed E-state index contributed by atoms with van der Waals surface area (Å²) >= 11 is 2.74. The van der Waals surface area contributed by atoms with Crippen molar-refractivity contribution in [1.29, 1.82) is 0 Å². The van der Waals surface area contributed by atoms with E-state index in [1.165, 1.54) is 55.5 Å². The Bertz CT molecular complexity index is 1110. The predicted octanol–water partition coefficient (Wildman–Crippen LogP) is 4.23. The van der Waals surface area contributed by atoms with Gasteiger partial charge in [-0.1, -0.05) is 42.4 Å². The molecule has 3 aromatic rings. The minimum Gasteiger partial charge on any atom is -0.497 e. The molecule has 1 aromatic carbocycles. The number of carbonyl (C=O) groups is 1. The van der Waals surface area contributed by atoms with E-state index in [0.717, 1.165) is 18.0 Å². The molecule has 1 N–H and O–H groups in total. The second-order valence-electron chi connectivity index (χ2n) is 7.25. The van der Waals surface area contributed by atoms with Crippen LogP contribution >= 0.6 is 23.1 Å². The van der Waals surface area contributed by atoms with E-state index in [9.17, 15) is 9.59 Å². The summed E-state index contributed by atoms with van der Waals surface area (Å²) in [5.41, 5.74) is 0.467. The van der Waals surface area contributed by atoms with Crippen molar-refractivity contribution < 1.29 is 18.7 Å². The van der Waals surface area contributed by atoms with Crippen molar-refractivity contribution in [2.45, 2.75) is 49.1 Å². The first kappa shape index (κ1) is 21.6. The van der Waals surface area contributed by atoms with Gasteiger partial charge < -0.3 is 19.2 Å². The second-order valence-corrected chi connectivity index (χ2v) is 9.45. The molecule has 0 saturated heterocycles. The molecule has 0 amide bonds. The minimum absolute atomic E-state index is 0.0154. The lowest BCUT2D eigenvalue weighted by Crippen LogP contribution is -2.21. The fourth-order valence-corrected chi connectivity index (χ4v) is 5.15. The zero-order valence-electron chi connectivity index (χ0n) is 17.1. The lowest BCUT2D eigenvalue weighted by Gasteiger charge is -2.21. The maximum atomic E-state index is 12.2. The molecule has 31 heavy (non-hydrogen) atoms. The third-order valence-electron chi connectivity index (χ3n) is 5.08. The van der Waals surface area contributed by atoms with Crippen LogP contribution in [0.2, 0.25) is 0 Å². The number of methoxy groups -OCH3 is 1. The molecule has 0 aliphatic heterocycles. The molecule has 1 saturated carbocycles. The van der Waals surface area contributed by atoms with E-state index in [2.05, 4.69) is 15.5 Å². The molecule has 10 heteroatoms. The first-order chi connectivity index (χ1) is 15.1. The number of anilines is 1. The van der Waals surface area contributed by atoms with Gasteiger partial charge in [-0.2, -0.15) is 0 Å². The minimum atomic E-state index is -0.506. The zero-order valence-corrected chi connectivity index (χ0v) is 18.7. The highest BCUT2D eigenvalue weighted by Gasteiger charge is 2.16. The number of hydrogen-bond donors (Lipinski definition) is 1. The topological polar surface area (TPSA) is 104 Å². The van der Waals surface area contributed by atoms with Crippen molar-refractivity contribution in [3.8, 4) is 5.75 Å². The summed E-state index contributed by atoms with van der Waals surface area (Å²) in [5.74, 6) is 0.304. The fraction of sp³-hybridized carbons (Fsp3) is 0.429. The van der Waals surface area contributed by atoms with Crippen LogP contribution in [0, 0.1) is 0 Å². The number of hydrogen-bond acceptors (Lipinski definition) is 10. The van der Waals surface area contributed by atoms with Gasteiger partial charge >= 0.3 is 11.6 Å². The summed E-state index contributed by atoms with van der Waals surface area (Å²) in [6.07, 6.45) is 6.11. The molecule has 0 atom stereocenters. The maximum absolute atomic E-state index is 12.2. The average Bonchev–Trinajstić information content (AvgIpc) is 3.23. The van der Waals surface area contributed by atoms with Crippen molar-refractivity contribution in [3.05, 3.63) is 40.2 Å².